The summed E-state index contributed by atoms with van der Waals surface area (Å²) in [5.74, 6) is 0.686. The Morgan fingerprint density at radius 3 is 2.67 bits per heavy atom. The zero-order valence-corrected chi connectivity index (χ0v) is 15.4. The van der Waals surface area contributed by atoms with Crippen LogP contribution in [0.25, 0.3) is 0 Å². The molecule has 2 rings (SSSR count). The lowest BCUT2D eigenvalue weighted by Crippen LogP contribution is -2.30. The molecule has 0 aliphatic heterocycles. The zero-order valence-electron chi connectivity index (χ0n) is 13.3. The number of hydrogen-bond donors (Lipinski definition) is 1. The van der Waals surface area contributed by atoms with Gasteiger partial charge in [-0.25, -0.2) is 0 Å². The van der Waals surface area contributed by atoms with Gasteiger partial charge in [0.25, 0.3) is 5.91 Å². The van der Waals surface area contributed by atoms with Crippen molar-refractivity contribution in [2.75, 3.05) is 20.3 Å². The fraction of sp³-hybridized carbons (Fsp3) is 0.222. The van der Waals surface area contributed by atoms with Crippen LogP contribution in [0, 0.1) is 3.57 Å². The van der Waals surface area contributed by atoms with Gasteiger partial charge in [0, 0.05) is 12.1 Å². The van der Waals surface area contributed by atoms with Gasteiger partial charge in [-0.1, -0.05) is 30.3 Å². The fourth-order valence-corrected chi connectivity index (χ4v) is 2.91. The minimum atomic E-state index is -0.205. The number of methoxy groups -OCH3 is 1. The Bertz CT molecular complexity index is 704. The third kappa shape index (κ3) is 5.23. The van der Waals surface area contributed by atoms with Crippen LogP contribution in [0.4, 0.5) is 0 Å². The molecule has 0 aliphatic carbocycles. The summed E-state index contributed by atoms with van der Waals surface area (Å²) < 4.78 is 11.5. The van der Waals surface area contributed by atoms with Gasteiger partial charge in [0.2, 0.25) is 0 Å². The topological polar surface area (TPSA) is 64.6 Å². The van der Waals surface area contributed by atoms with E-state index in [1.54, 1.807) is 12.1 Å². The Balaban J connectivity index is 1.86. The monoisotopic (exact) mass is 439 g/mol. The molecule has 0 saturated heterocycles. The number of carbonyl (C=O) groups excluding carboxylic acids is 2. The maximum Gasteiger partial charge on any atom is 0.257 e. The summed E-state index contributed by atoms with van der Waals surface area (Å²) in [5, 5.41) is 2.82. The van der Waals surface area contributed by atoms with Gasteiger partial charge in [-0.2, -0.15) is 0 Å². The highest BCUT2D eigenvalue weighted by molar-refractivity contribution is 14.1. The number of halogens is 1. The fourth-order valence-electron chi connectivity index (χ4n) is 2.13. The Morgan fingerprint density at radius 2 is 2.00 bits per heavy atom. The van der Waals surface area contributed by atoms with Crippen LogP contribution in [0.3, 0.4) is 0 Å². The van der Waals surface area contributed by atoms with Crippen molar-refractivity contribution in [2.45, 2.75) is 6.42 Å². The van der Waals surface area contributed by atoms with Gasteiger partial charge >= 0.3 is 0 Å². The molecule has 24 heavy (non-hydrogen) atoms. The number of aldehydes is 1. The summed E-state index contributed by atoms with van der Waals surface area (Å²) in [6, 6.07) is 13.2. The quantitative estimate of drug-likeness (QED) is 0.508. The molecule has 0 saturated carbocycles. The maximum atomic E-state index is 11.9. The van der Waals surface area contributed by atoms with E-state index in [4.69, 9.17) is 9.47 Å². The molecule has 0 bridgehead atoms. The maximum absolute atomic E-state index is 11.9. The Morgan fingerprint density at radius 1 is 1.25 bits per heavy atom. The van der Waals surface area contributed by atoms with Gasteiger partial charge in [0.1, 0.15) is 6.29 Å². The van der Waals surface area contributed by atoms with E-state index in [0.29, 0.717) is 27.2 Å². The van der Waals surface area contributed by atoms with Crippen molar-refractivity contribution < 1.29 is 19.1 Å². The second-order valence-electron chi connectivity index (χ2n) is 5.03. The predicted octanol–water partition coefficient (Wildman–Crippen LogP) is 2.85. The molecule has 0 radical (unpaired) electrons. The largest absolute Gasteiger partial charge is 0.493 e. The first-order valence-corrected chi connectivity index (χ1v) is 8.48. The first kappa shape index (κ1) is 18.3. The van der Waals surface area contributed by atoms with Gasteiger partial charge in [-0.15, -0.1) is 0 Å². The van der Waals surface area contributed by atoms with E-state index in [1.165, 1.54) is 12.7 Å². The SMILES string of the molecule is COc1cc(C=O)cc(I)c1OCC(=O)NCCc1ccccc1. The van der Waals surface area contributed by atoms with Crippen LogP contribution < -0.4 is 14.8 Å². The van der Waals surface area contributed by atoms with Crippen LogP contribution in [0.1, 0.15) is 15.9 Å². The van der Waals surface area contributed by atoms with E-state index in [2.05, 4.69) is 5.32 Å². The summed E-state index contributed by atoms with van der Waals surface area (Å²) in [5.41, 5.74) is 1.66. The lowest BCUT2D eigenvalue weighted by atomic mass is 10.1. The van der Waals surface area contributed by atoms with Crippen LogP contribution in [0.5, 0.6) is 11.5 Å². The lowest BCUT2D eigenvalue weighted by molar-refractivity contribution is -0.123. The first-order valence-electron chi connectivity index (χ1n) is 7.40. The van der Waals surface area contributed by atoms with Gasteiger partial charge in [0.05, 0.1) is 10.7 Å². The summed E-state index contributed by atoms with van der Waals surface area (Å²) in [7, 11) is 1.49. The molecule has 0 atom stereocenters. The minimum absolute atomic E-state index is 0.110. The molecule has 1 amide bonds. The van der Waals surface area contributed by atoms with Gasteiger partial charge in [-0.05, 0) is 46.7 Å². The third-order valence-electron chi connectivity index (χ3n) is 3.31. The molecule has 0 aliphatic rings. The van der Waals surface area contributed by atoms with Crippen LogP contribution >= 0.6 is 22.6 Å². The van der Waals surface area contributed by atoms with Crippen LogP contribution in [-0.2, 0) is 11.2 Å². The van der Waals surface area contributed by atoms with Crippen molar-refractivity contribution in [2.24, 2.45) is 0 Å². The number of benzene rings is 2. The molecule has 0 fully saturated rings. The average molecular weight is 439 g/mol. The molecule has 6 heteroatoms. The first-order chi connectivity index (χ1) is 11.6. The normalized spacial score (nSPS) is 10.1. The highest BCUT2D eigenvalue weighted by Gasteiger charge is 2.13. The van der Waals surface area contributed by atoms with Gasteiger partial charge in [-0.3, -0.25) is 9.59 Å². The standard InChI is InChI=1S/C18H18INO4/c1-23-16-10-14(11-21)9-15(19)18(16)24-12-17(22)20-8-7-13-5-3-2-4-6-13/h2-6,9-11H,7-8,12H2,1H3,(H,20,22). The van der Waals surface area contributed by atoms with E-state index < -0.39 is 0 Å². The van der Waals surface area contributed by atoms with E-state index >= 15 is 0 Å². The van der Waals surface area contributed by atoms with Crippen molar-refractivity contribution in [1.82, 2.24) is 5.32 Å². The van der Waals surface area contributed by atoms with E-state index in [9.17, 15) is 9.59 Å². The number of carbonyl (C=O) groups is 2. The van der Waals surface area contributed by atoms with Crippen molar-refractivity contribution in [3.63, 3.8) is 0 Å². The second-order valence-corrected chi connectivity index (χ2v) is 6.19. The molecular weight excluding hydrogens is 421 g/mol. The molecule has 2 aromatic carbocycles. The smallest absolute Gasteiger partial charge is 0.257 e. The highest BCUT2D eigenvalue weighted by Crippen LogP contribution is 2.33. The minimum Gasteiger partial charge on any atom is -0.493 e. The van der Waals surface area contributed by atoms with Crippen molar-refractivity contribution in [3.8, 4) is 11.5 Å². The Kier molecular flexibility index (Phi) is 7.05. The second kappa shape index (κ2) is 9.27. The predicted molar refractivity (Wildman–Crippen MR) is 99.7 cm³/mol. The number of rotatable bonds is 8. The molecule has 0 spiro atoms. The number of ether oxygens (including phenoxy) is 2. The van der Waals surface area contributed by atoms with Crippen LogP contribution in [0.15, 0.2) is 42.5 Å². The summed E-state index contributed by atoms with van der Waals surface area (Å²) in [6.45, 7) is 0.437. The van der Waals surface area contributed by atoms with E-state index in [-0.39, 0.29) is 12.5 Å². The van der Waals surface area contributed by atoms with Crippen LogP contribution in [-0.4, -0.2) is 32.5 Å². The molecule has 2 aromatic rings. The average Bonchev–Trinajstić information content (AvgIpc) is 2.60. The molecule has 1 N–H and O–H groups in total. The molecule has 5 nitrogen and oxygen atoms in total. The Hall–Kier alpha value is -2.09. The van der Waals surface area contributed by atoms with Crippen LogP contribution in [0.2, 0.25) is 0 Å². The number of hydrogen-bond acceptors (Lipinski definition) is 4. The molecule has 0 heterocycles. The summed E-state index contributed by atoms with van der Waals surface area (Å²) in [6.07, 6.45) is 1.51. The van der Waals surface area contributed by atoms with Gasteiger partial charge in [0.15, 0.2) is 18.1 Å². The third-order valence-corrected chi connectivity index (χ3v) is 4.12. The lowest BCUT2D eigenvalue weighted by Gasteiger charge is -2.13. The summed E-state index contributed by atoms with van der Waals surface area (Å²) >= 11 is 2.05. The summed E-state index contributed by atoms with van der Waals surface area (Å²) in [4.78, 5) is 22.8. The number of amides is 1. The molecule has 0 unspecified atom stereocenters. The van der Waals surface area contributed by atoms with Gasteiger partial charge < -0.3 is 14.8 Å². The zero-order chi connectivity index (χ0) is 17.4. The van der Waals surface area contributed by atoms with E-state index in [1.807, 2.05) is 52.9 Å². The Labute approximate surface area is 154 Å². The van der Waals surface area contributed by atoms with E-state index in [0.717, 1.165) is 12.7 Å². The number of nitrogens with one attached hydrogen (secondary N) is 1. The van der Waals surface area contributed by atoms with Crippen molar-refractivity contribution in [1.29, 1.82) is 0 Å². The molecule has 0 aromatic heterocycles. The highest BCUT2D eigenvalue weighted by atomic mass is 127. The van der Waals surface area contributed by atoms with Crippen molar-refractivity contribution in [3.05, 3.63) is 57.2 Å². The molecule has 126 valence electrons. The molecular formula is C18H18INO4. The van der Waals surface area contributed by atoms with Crippen molar-refractivity contribution >= 4 is 34.8 Å².